The number of imidazole rings is 1. The van der Waals surface area contributed by atoms with Gasteiger partial charge in [-0.15, -0.1) is 0 Å². The monoisotopic (exact) mass is 392 g/mol. The minimum atomic E-state index is -4.39. The highest BCUT2D eigenvalue weighted by Gasteiger charge is 2.29. The van der Waals surface area contributed by atoms with Gasteiger partial charge in [0.25, 0.3) is 0 Å². The average molecular weight is 392 g/mol. The van der Waals surface area contributed by atoms with Crippen LogP contribution in [0.1, 0.15) is 5.82 Å². The molecule has 0 radical (unpaired) electrons. The Bertz CT molecular complexity index is 763. The summed E-state index contributed by atoms with van der Waals surface area (Å²) >= 11 is 0. The molecule has 2 rings (SSSR count). The van der Waals surface area contributed by atoms with Gasteiger partial charge in [0.1, 0.15) is 18.1 Å². The number of benzene rings is 1. The van der Waals surface area contributed by atoms with E-state index in [1.54, 1.807) is 0 Å². The molecular weight excluding hydrogens is 375 g/mol. The summed E-state index contributed by atoms with van der Waals surface area (Å²) in [5.41, 5.74) is 0.0646. The maximum absolute atomic E-state index is 12.5. The van der Waals surface area contributed by atoms with Crippen LogP contribution in [0.2, 0.25) is 0 Å². The quantitative estimate of drug-likeness (QED) is 0.702. The third-order valence-corrected chi connectivity index (χ3v) is 3.35. The molecular formula is C16H17F5N4O2. The minimum Gasteiger partial charge on any atom is -0.433 e. The van der Waals surface area contributed by atoms with Crippen molar-refractivity contribution >= 4 is 11.6 Å². The number of carbonyl (C=O) groups excluding carboxylic acids is 1. The molecule has 0 saturated carbocycles. The van der Waals surface area contributed by atoms with E-state index in [-0.39, 0.29) is 30.4 Å². The largest absolute Gasteiger partial charge is 0.433 e. The molecule has 0 aliphatic carbocycles. The molecule has 0 fully saturated rings. The number of aromatic nitrogens is 2. The molecule has 0 saturated heterocycles. The van der Waals surface area contributed by atoms with E-state index in [1.165, 1.54) is 48.6 Å². The van der Waals surface area contributed by atoms with Crippen molar-refractivity contribution in [2.45, 2.75) is 25.9 Å². The van der Waals surface area contributed by atoms with Gasteiger partial charge in [0.05, 0.1) is 18.8 Å². The van der Waals surface area contributed by atoms with Crippen molar-refractivity contribution < 1.29 is 31.5 Å². The molecule has 2 aromatic rings. The van der Waals surface area contributed by atoms with Crippen molar-refractivity contribution in [3.8, 4) is 5.75 Å². The van der Waals surface area contributed by atoms with E-state index in [2.05, 4.69) is 15.0 Å². The Balaban J connectivity index is 1.94. The standard InChI is InChI=1S/C16H17F5N4O2/c1-24(8-13-22-6-7-25(13)10-16(19,20)21)9-14(26)23-11-4-2-3-5-12(11)27-15(17)18/h2-7,15H,8-10H2,1H3,(H,23,26). The molecule has 27 heavy (non-hydrogen) atoms. The van der Waals surface area contributed by atoms with Crippen LogP contribution in [-0.4, -0.2) is 46.7 Å². The SMILES string of the molecule is CN(CC(=O)Nc1ccccc1OC(F)F)Cc1nccn1CC(F)(F)F. The van der Waals surface area contributed by atoms with Crippen molar-refractivity contribution in [1.82, 2.24) is 14.5 Å². The topological polar surface area (TPSA) is 59.4 Å². The zero-order valence-electron chi connectivity index (χ0n) is 14.2. The van der Waals surface area contributed by atoms with E-state index in [0.29, 0.717) is 0 Å². The van der Waals surface area contributed by atoms with Crippen molar-refractivity contribution in [3.63, 3.8) is 0 Å². The molecule has 1 aromatic carbocycles. The van der Waals surface area contributed by atoms with Crippen LogP contribution in [0.4, 0.5) is 27.6 Å². The second-order valence-corrected chi connectivity index (χ2v) is 5.68. The number of hydrogen-bond donors (Lipinski definition) is 1. The third kappa shape index (κ3) is 6.85. The van der Waals surface area contributed by atoms with Gasteiger partial charge in [-0.3, -0.25) is 9.69 Å². The molecule has 1 aromatic heterocycles. The van der Waals surface area contributed by atoms with E-state index >= 15 is 0 Å². The predicted octanol–water partition coefficient (Wildman–Crippen LogP) is 3.12. The van der Waals surface area contributed by atoms with Crippen LogP contribution < -0.4 is 10.1 Å². The number of anilines is 1. The van der Waals surface area contributed by atoms with E-state index in [9.17, 15) is 26.7 Å². The molecule has 148 valence electrons. The van der Waals surface area contributed by atoms with E-state index < -0.39 is 25.2 Å². The Labute approximate surface area is 151 Å². The molecule has 1 amide bonds. The molecule has 0 aliphatic rings. The lowest BCUT2D eigenvalue weighted by Crippen LogP contribution is -2.31. The van der Waals surface area contributed by atoms with Crippen molar-refractivity contribution in [2.75, 3.05) is 18.9 Å². The summed E-state index contributed by atoms with van der Waals surface area (Å²) < 4.78 is 67.6. The lowest BCUT2D eigenvalue weighted by molar-refractivity contribution is -0.141. The summed E-state index contributed by atoms with van der Waals surface area (Å²) in [5, 5.41) is 2.43. The van der Waals surface area contributed by atoms with Gasteiger partial charge in [-0.2, -0.15) is 22.0 Å². The molecule has 11 heteroatoms. The Morgan fingerprint density at radius 2 is 2.04 bits per heavy atom. The van der Waals surface area contributed by atoms with Gasteiger partial charge < -0.3 is 14.6 Å². The molecule has 0 bridgehead atoms. The van der Waals surface area contributed by atoms with Crippen LogP contribution in [0, 0.1) is 0 Å². The lowest BCUT2D eigenvalue weighted by Gasteiger charge is -2.18. The fourth-order valence-electron chi connectivity index (χ4n) is 2.33. The molecule has 0 spiro atoms. The van der Waals surface area contributed by atoms with Gasteiger partial charge in [-0.25, -0.2) is 4.98 Å². The summed E-state index contributed by atoms with van der Waals surface area (Å²) in [6.07, 6.45) is -1.94. The summed E-state index contributed by atoms with van der Waals surface area (Å²) in [6.45, 7) is -4.42. The van der Waals surface area contributed by atoms with Gasteiger partial charge in [-0.1, -0.05) is 12.1 Å². The summed E-state index contributed by atoms with van der Waals surface area (Å²) in [4.78, 5) is 17.4. The van der Waals surface area contributed by atoms with Crippen LogP contribution in [0.25, 0.3) is 0 Å². The lowest BCUT2D eigenvalue weighted by atomic mass is 10.3. The molecule has 6 nitrogen and oxygen atoms in total. The molecule has 1 N–H and O–H groups in total. The van der Waals surface area contributed by atoms with E-state index in [1.807, 2.05) is 0 Å². The number of nitrogens with one attached hydrogen (secondary N) is 1. The van der Waals surface area contributed by atoms with Gasteiger partial charge in [0.2, 0.25) is 5.91 Å². The first-order valence-electron chi connectivity index (χ1n) is 7.73. The molecule has 0 atom stereocenters. The van der Waals surface area contributed by atoms with Crippen molar-refractivity contribution in [2.24, 2.45) is 0 Å². The van der Waals surface area contributed by atoms with Gasteiger partial charge in [0, 0.05) is 12.4 Å². The molecule has 1 heterocycles. The average Bonchev–Trinajstić information content (AvgIpc) is 2.93. The first-order valence-corrected chi connectivity index (χ1v) is 7.73. The Hall–Kier alpha value is -2.69. The smallest absolute Gasteiger partial charge is 0.406 e. The summed E-state index contributed by atoms with van der Waals surface area (Å²) in [5.74, 6) is -0.593. The first kappa shape index (κ1) is 20.6. The van der Waals surface area contributed by atoms with Crippen LogP contribution in [0.5, 0.6) is 5.75 Å². The highest BCUT2D eigenvalue weighted by Crippen LogP contribution is 2.25. The number of ether oxygens (including phenoxy) is 1. The van der Waals surface area contributed by atoms with Crippen molar-refractivity contribution in [1.29, 1.82) is 0 Å². The van der Waals surface area contributed by atoms with Crippen molar-refractivity contribution in [3.05, 3.63) is 42.5 Å². The number of nitrogens with zero attached hydrogens (tertiary/aromatic N) is 3. The maximum atomic E-state index is 12.5. The second kappa shape index (κ2) is 8.80. The Morgan fingerprint density at radius 3 is 2.70 bits per heavy atom. The van der Waals surface area contributed by atoms with Crippen LogP contribution in [-0.2, 0) is 17.9 Å². The fraction of sp³-hybridized carbons (Fsp3) is 0.375. The summed E-state index contributed by atoms with van der Waals surface area (Å²) in [7, 11) is 1.52. The van der Waals surface area contributed by atoms with Gasteiger partial charge in [0.15, 0.2) is 0 Å². The van der Waals surface area contributed by atoms with E-state index in [0.717, 1.165) is 4.57 Å². The van der Waals surface area contributed by atoms with Crippen LogP contribution in [0.15, 0.2) is 36.7 Å². The van der Waals surface area contributed by atoms with Crippen LogP contribution >= 0.6 is 0 Å². The maximum Gasteiger partial charge on any atom is 0.406 e. The molecule has 0 aliphatic heterocycles. The first-order chi connectivity index (χ1) is 12.6. The number of carbonyl (C=O) groups is 1. The van der Waals surface area contributed by atoms with Gasteiger partial charge in [-0.05, 0) is 19.2 Å². The zero-order chi connectivity index (χ0) is 20.0. The minimum absolute atomic E-state index is 0.00825. The predicted molar refractivity (Wildman–Crippen MR) is 86.3 cm³/mol. The molecule has 0 unspecified atom stereocenters. The zero-order valence-corrected chi connectivity index (χ0v) is 14.2. The van der Waals surface area contributed by atoms with Crippen LogP contribution in [0.3, 0.4) is 0 Å². The van der Waals surface area contributed by atoms with E-state index in [4.69, 9.17) is 0 Å². The highest BCUT2D eigenvalue weighted by atomic mass is 19.4. The highest BCUT2D eigenvalue weighted by molar-refractivity contribution is 5.93. The summed E-state index contributed by atoms with van der Waals surface area (Å²) in [6, 6.07) is 5.68. The number of alkyl halides is 5. The second-order valence-electron chi connectivity index (χ2n) is 5.68. The number of hydrogen-bond acceptors (Lipinski definition) is 4. The van der Waals surface area contributed by atoms with Gasteiger partial charge >= 0.3 is 12.8 Å². The number of rotatable bonds is 8. The number of likely N-dealkylation sites (N-methyl/N-ethyl adjacent to an activating group) is 1. The number of amides is 1. The third-order valence-electron chi connectivity index (χ3n) is 3.35. The normalized spacial score (nSPS) is 11.9. The number of para-hydroxylation sites is 2. The fourth-order valence-corrected chi connectivity index (χ4v) is 2.33. The Morgan fingerprint density at radius 1 is 1.33 bits per heavy atom. The Kier molecular flexibility index (Phi) is 6.72. The number of halogens is 5.